The molecule has 3 atom stereocenters. The molecular formula is C31H23BrN6O3. The molecule has 7 rings (SSSR count). The van der Waals surface area contributed by atoms with Gasteiger partial charge in [-0.25, -0.2) is 9.91 Å². The quantitative estimate of drug-likeness (QED) is 0.289. The van der Waals surface area contributed by atoms with E-state index in [0.29, 0.717) is 12.1 Å². The highest BCUT2D eigenvalue weighted by Crippen LogP contribution is 2.36. The smallest absolute Gasteiger partial charge is 0.264 e. The van der Waals surface area contributed by atoms with Crippen LogP contribution in [0.15, 0.2) is 117 Å². The first kappa shape index (κ1) is 25.3. The third kappa shape index (κ3) is 4.31. The van der Waals surface area contributed by atoms with E-state index in [-0.39, 0.29) is 18.5 Å². The van der Waals surface area contributed by atoms with E-state index in [9.17, 15) is 14.4 Å². The van der Waals surface area contributed by atoms with Gasteiger partial charge in [0, 0.05) is 16.5 Å². The van der Waals surface area contributed by atoms with Gasteiger partial charge in [0.2, 0.25) is 0 Å². The molecule has 0 unspecified atom stereocenters. The van der Waals surface area contributed by atoms with Crippen molar-refractivity contribution in [1.29, 1.82) is 0 Å². The zero-order valence-corrected chi connectivity index (χ0v) is 23.3. The number of fused-ring (bicyclic) bond motifs is 2. The second kappa shape index (κ2) is 10.0. The highest BCUT2D eigenvalue weighted by molar-refractivity contribution is 9.10. The molecule has 9 nitrogen and oxygen atoms in total. The van der Waals surface area contributed by atoms with Crippen LogP contribution in [0.25, 0.3) is 10.8 Å². The van der Waals surface area contributed by atoms with Gasteiger partial charge in [0.05, 0.1) is 17.4 Å². The summed E-state index contributed by atoms with van der Waals surface area (Å²) in [5, 5.41) is 18.0. The van der Waals surface area contributed by atoms with Gasteiger partial charge < -0.3 is 0 Å². The lowest BCUT2D eigenvalue weighted by atomic mass is 9.95. The molecule has 4 aromatic rings. The van der Waals surface area contributed by atoms with Gasteiger partial charge in [-0.2, -0.15) is 10.2 Å². The Hall–Kier alpha value is -4.70. The number of rotatable bonds is 5. The summed E-state index contributed by atoms with van der Waals surface area (Å²) in [6.07, 6.45) is 0.533. The first-order valence-corrected chi connectivity index (χ1v) is 14.0. The first-order chi connectivity index (χ1) is 20.0. The van der Waals surface area contributed by atoms with E-state index >= 15 is 0 Å². The van der Waals surface area contributed by atoms with Crippen molar-refractivity contribution in [2.75, 3.05) is 11.4 Å². The van der Waals surface area contributed by atoms with E-state index in [1.54, 1.807) is 18.2 Å². The van der Waals surface area contributed by atoms with Crippen molar-refractivity contribution in [3.8, 4) is 0 Å². The van der Waals surface area contributed by atoms with Crippen molar-refractivity contribution in [2.24, 2.45) is 15.4 Å². The van der Waals surface area contributed by atoms with Crippen LogP contribution in [-0.2, 0) is 14.4 Å². The molecule has 3 aliphatic rings. The molecule has 10 heteroatoms. The van der Waals surface area contributed by atoms with Crippen LogP contribution in [0.5, 0.6) is 0 Å². The molecule has 1 fully saturated rings. The summed E-state index contributed by atoms with van der Waals surface area (Å²) in [6.45, 7) is -0.244. The number of hydrazone groups is 1. The summed E-state index contributed by atoms with van der Waals surface area (Å²) in [5.74, 6) is -1.26. The maximum Gasteiger partial charge on any atom is 0.264 e. The lowest BCUT2D eigenvalue weighted by Crippen LogP contribution is -2.44. The van der Waals surface area contributed by atoms with Crippen LogP contribution in [0, 0.1) is 0 Å². The maximum absolute atomic E-state index is 13.9. The normalized spacial score (nSPS) is 21.6. The molecule has 0 spiro atoms. The highest BCUT2D eigenvalue weighted by atomic mass is 79.9. The molecule has 0 saturated carbocycles. The number of imide groups is 1. The number of hydrogen-bond donors (Lipinski definition) is 0. The van der Waals surface area contributed by atoms with Gasteiger partial charge in [0.25, 0.3) is 17.7 Å². The Bertz CT molecular complexity index is 1770. The number of nitrogens with zero attached hydrogens (tertiary/aromatic N) is 6. The summed E-state index contributed by atoms with van der Waals surface area (Å²) >= 11 is 3.39. The monoisotopic (exact) mass is 606 g/mol. The first-order valence-electron chi connectivity index (χ1n) is 13.2. The number of amides is 3. The SMILES string of the molecule is O=C1[C@@H]2[C@@H](N=NN2CC(=O)N2N=C(c3cccc4ccccc34)C[C@@H]2c2ccccc2)C(=O)N1c1cccc(Br)c1. The Morgan fingerprint density at radius 1 is 0.878 bits per heavy atom. The fourth-order valence-corrected chi connectivity index (χ4v) is 6.14. The van der Waals surface area contributed by atoms with Crippen LogP contribution < -0.4 is 4.90 Å². The number of halogens is 1. The molecule has 202 valence electrons. The standard InChI is InChI=1S/C31H23BrN6O3/c32-21-12-7-13-22(16-21)37-30(40)28-29(31(37)41)36(35-33-28)18-27(39)38-26(20-9-2-1-3-10-20)17-25(34-38)24-15-6-11-19-8-4-5-14-23(19)24/h1-16,26,28-29H,17-18H2/t26-,28-,29+/m1/s1. The Balaban J connectivity index is 1.19. The number of carbonyl (C=O) groups is 3. The number of benzene rings is 4. The van der Waals surface area contributed by atoms with Crippen LogP contribution >= 0.6 is 15.9 Å². The van der Waals surface area contributed by atoms with Crippen LogP contribution in [0.1, 0.15) is 23.6 Å². The van der Waals surface area contributed by atoms with E-state index in [1.165, 1.54) is 10.0 Å². The molecule has 3 amide bonds. The van der Waals surface area contributed by atoms with E-state index in [2.05, 4.69) is 44.5 Å². The van der Waals surface area contributed by atoms with Gasteiger partial charge in [-0.1, -0.05) is 100 Å². The lowest BCUT2D eigenvalue weighted by Gasteiger charge is -2.25. The Kier molecular flexibility index (Phi) is 6.19. The molecule has 0 radical (unpaired) electrons. The number of carbonyl (C=O) groups excluding carboxylic acids is 3. The topological polar surface area (TPSA) is 98.0 Å². The van der Waals surface area contributed by atoms with Gasteiger partial charge in [-0.05, 0) is 34.5 Å². The average Bonchev–Trinajstić information content (AvgIpc) is 3.68. The van der Waals surface area contributed by atoms with E-state index in [0.717, 1.165) is 37.0 Å². The Labute approximate surface area is 243 Å². The predicted octanol–water partition coefficient (Wildman–Crippen LogP) is 5.27. The van der Waals surface area contributed by atoms with Crippen molar-refractivity contribution in [1.82, 2.24) is 10.0 Å². The van der Waals surface area contributed by atoms with E-state index < -0.39 is 23.9 Å². The minimum Gasteiger partial charge on any atom is -0.271 e. The molecule has 3 heterocycles. The molecule has 4 aromatic carbocycles. The zero-order valence-electron chi connectivity index (χ0n) is 21.7. The second-order valence-electron chi connectivity index (χ2n) is 10.1. The molecule has 1 saturated heterocycles. The summed E-state index contributed by atoms with van der Waals surface area (Å²) in [6, 6.07) is 28.6. The fraction of sp³-hybridized carbons (Fsp3) is 0.161. The molecule has 0 bridgehead atoms. The van der Waals surface area contributed by atoms with Gasteiger partial charge in [-0.15, -0.1) is 0 Å². The van der Waals surface area contributed by atoms with Gasteiger partial charge in [-0.3, -0.25) is 19.4 Å². The Morgan fingerprint density at radius 2 is 1.63 bits per heavy atom. The van der Waals surface area contributed by atoms with Crippen LogP contribution in [0.2, 0.25) is 0 Å². The number of hydrogen-bond acceptors (Lipinski definition) is 7. The van der Waals surface area contributed by atoms with E-state index in [1.807, 2.05) is 60.7 Å². The lowest BCUT2D eigenvalue weighted by molar-refractivity contribution is -0.135. The summed E-state index contributed by atoms with van der Waals surface area (Å²) in [5.41, 5.74) is 3.17. The van der Waals surface area contributed by atoms with Gasteiger partial charge in [0.15, 0.2) is 12.1 Å². The van der Waals surface area contributed by atoms with Crippen molar-refractivity contribution < 1.29 is 14.4 Å². The average molecular weight is 607 g/mol. The van der Waals surface area contributed by atoms with E-state index in [4.69, 9.17) is 5.10 Å². The molecule has 41 heavy (non-hydrogen) atoms. The summed E-state index contributed by atoms with van der Waals surface area (Å²) in [7, 11) is 0. The Morgan fingerprint density at radius 3 is 2.46 bits per heavy atom. The fourth-order valence-electron chi connectivity index (χ4n) is 5.75. The van der Waals surface area contributed by atoms with Crippen molar-refractivity contribution in [3.63, 3.8) is 0 Å². The van der Waals surface area contributed by atoms with Crippen molar-refractivity contribution >= 4 is 55.8 Å². The summed E-state index contributed by atoms with van der Waals surface area (Å²) in [4.78, 5) is 41.6. The van der Waals surface area contributed by atoms with Crippen LogP contribution in [0.4, 0.5) is 5.69 Å². The molecule has 3 aliphatic heterocycles. The minimum absolute atomic E-state index is 0.244. The molecule has 0 N–H and O–H groups in total. The van der Waals surface area contributed by atoms with Gasteiger partial charge >= 0.3 is 0 Å². The maximum atomic E-state index is 13.9. The molecule has 0 aromatic heterocycles. The second-order valence-corrected chi connectivity index (χ2v) is 11.0. The third-order valence-corrected chi connectivity index (χ3v) is 8.17. The number of anilines is 1. The zero-order chi connectivity index (χ0) is 28.1. The third-order valence-electron chi connectivity index (χ3n) is 7.67. The van der Waals surface area contributed by atoms with Crippen molar-refractivity contribution in [2.45, 2.75) is 24.5 Å². The van der Waals surface area contributed by atoms with Crippen LogP contribution in [0.3, 0.4) is 0 Å². The highest BCUT2D eigenvalue weighted by Gasteiger charge is 2.55. The molecular weight excluding hydrogens is 584 g/mol. The van der Waals surface area contributed by atoms with Gasteiger partial charge in [0.1, 0.15) is 6.54 Å². The largest absolute Gasteiger partial charge is 0.271 e. The summed E-state index contributed by atoms with van der Waals surface area (Å²) < 4.78 is 0.738. The van der Waals surface area contributed by atoms with Crippen molar-refractivity contribution in [3.05, 3.63) is 113 Å². The minimum atomic E-state index is -0.993. The molecule has 0 aliphatic carbocycles. The predicted molar refractivity (Wildman–Crippen MR) is 157 cm³/mol. The van der Waals surface area contributed by atoms with Crippen LogP contribution in [-0.4, -0.2) is 52.1 Å².